The molecule has 2 N–H and O–H groups in total. The third-order valence-electron chi connectivity index (χ3n) is 6.97. The van der Waals surface area contributed by atoms with Crippen molar-refractivity contribution in [3.8, 4) is 11.1 Å². The maximum Gasteiger partial charge on any atom is 0.407 e. The van der Waals surface area contributed by atoms with Crippen molar-refractivity contribution in [2.75, 3.05) is 19.7 Å². The number of hydrogen-bond donors (Lipinski definition) is 3. The molecule has 9 heteroatoms. The van der Waals surface area contributed by atoms with Gasteiger partial charge in [0.25, 0.3) is 0 Å². The average Bonchev–Trinajstić information content (AvgIpc) is 3.21. The van der Waals surface area contributed by atoms with E-state index >= 15 is 0 Å². The molecule has 3 aromatic carbocycles. The van der Waals surface area contributed by atoms with Crippen LogP contribution in [0.15, 0.2) is 78.9 Å². The second kappa shape index (κ2) is 12.9. The summed E-state index contributed by atoms with van der Waals surface area (Å²) in [5, 5.41) is 11.4. The van der Waals surface area contributed by atoms with Gasteiger partial charge in [0, 0.05) is 18.5 Å². The largest absolute Gasteiger partial charge is 0.480 e. The van der Waals surface area contributed by atoms with Crippen LogP contribution in [0.4, 0.5) is 4.79 Å². The lowest BCUT2D eigenvalue weighted by atomic mass is 9.98. The number of hydrogen-bond acceptors (Lipinski definition) is 6. The SMILES string of the molecule is CC(C)[C@@H](N(CC(=O)O)C[C@H](Cc1ccccc1)NC(=O)OCC1c2ccccc2-c2ccccc21)[SH](=O)=O. The first-order valence-electron chi connectivity index (χ1n) is 13.0. The van der Waals surface area contributed by atoms with Crippen LogP contribution in [0.5, 0.6) is 0 Å². The molecule has 0 bridgehead atoms. The van der Waals surface area contributed by atoms with E-state index in [1.54, 1.807) is 13.8 Å². The van der Waals surface area contributed by atoms with E-state index in [0.29, 0.717) is 6.42 Å². The Labute approximate surface area is 230 Å². The molecule has 4 rings (SSSR count). The number of carbonyl (C=O) groups is 2. The van der Waals surface area contributed by atoms with Crippen LogP contribution in [0.1, 0.15) is 36.5 Å². The fraction of sp³-hybridized carbons (Fsp3) is 0.333. The second-order valence-corrected chi connectivity index (χ2v) is 11.2. The fourth-order valence-electron chi connectivity index (χ4n) is 5.39. The summed E-state index contributed by atoms with van der Waals surface area (Å²) in [6.45, 7) is 3.16. The van der Waals surface area contributed by atoms with Gasteiger partial charge in [-0.15, -0.1) is 0 Å². The molecule has 39 heavy (non-hydrogen) atoms. The zero-order chi connectivity index (χ0) is 27.9. The van der Waals surface area contributed by atoms with Crippen LogP contribution in [-0.4, -0.2) is 61.6 Å². The zero-order valence-corrected chi connectivity index (χ0v) is 22.9. The van der Waals surface area contributed by atoms with Crippen LogP contribution in [0.25, 0.3) is 11.1 Å². The molecule has 0 aliphatic heterocycles. The monoisotopic (exact) mass is 550 g/mol. The van der Waals surface area contributed by atoms with Gasteiger partial charge in [-0.1, -0.05) is 92.7 Å². The predicted molar refractivity (Wildman–Crippen MR) is 150 cm³/mol. The first-order chi connectivity index (χ1) is 18.7. The molecule has 3 aromatic rings. The molecule has 0 heterocycles. The number of benzene rings is 3. The Morgan fingerprint density at radius 2 is 1.49 bits per heavy atom. The fourth-order valence-corrected chi connectivity index (χ4v) is 6.32. The van der Waals surface area contributed by atoms with Gasteiger partial charge in [0.15, 0.2) is 10.7 Å². The number of thiol groups is 1. The first-order valence-corrected chi connectivity index (χ1v) is 14.2. The van der Waals surface area contributed by atoms with E-state index in [4.69, 9.17) is 4.74 Å². The molecule has 2 atom stereocenters. The van der Waals surface area contributed by atoms with Crippen LogP contribution in [-0.2, 0) is 26.7 Å². The number of fused-ring (bicyclic) bond motifs is 3. The number of carboxylic acids is 1. The smallest absolute Gasteiger partial charge is 0.407 e. The van der Waals surface area contributed by atoms with Crippen molar-refractivity contribution in [3.05, 3.63) is 95.6 Å². The summed E-state index contributed by atoms with van der Waals surface area (Å²) in [7, 11) is -2.93. The Hall–Kier alpha value is -3.69. The lowest BCUT2D eigenvalue weighted by Crippen LogP contribution is -2.51. The summed E-state index contributed by atoms with van der Waals surface area (Å²) in [5.41, 5.74) is 5.36. The number of aliphatic carboxylic acids is 1. The van der Waals surface area contributed by atoms with Crippen molar-refractivity contribution in [2.45, 2.75) is 37.6 Å². The molecular weight excluding hydrogens is 516 g/mol. The number of rotatable bonds is 12. The van der Waals surface area contributed by atoms with Gasteiger partial charge in [0.05, 0.1) is 6.54 Å². The van der Waals surface area contributed by atoms with Gasteiger partial charge in [0.2, 0.25) is 0 Å². The molecule has 1 aliphatic carbocycles. The van der Waals surface area contributed by atoms with Crippen molar-refractivity contribution >= 4 is 22.8 Å². The molecule has 0 unspecified atom stereocenters. The number of amides is 1. The number of nitrogens with one attached hydrogen (secondary N) is 1. The number of ether oxygens (including phenoxy) is 1. The summed E-state index contributed by atoms with van der Waals surface area (Å²) < 4.78 is 29.9. The Morgan fingerprint density at radius 3 is 2.03 bits per heavy atom. The molecule has 0 spiro atoms. The average molecular weight is 551 g/mol. The number of alkyl carbamates (subject to hydrolysis) is 1. The van der Waals surface area contributed by atoms with Crippen LogP contribution >= 0.6 is 0 Å². The van der Waals surface area contributed by atoms with Crippen molar-refractivity contribution in [3.63, 3.8) is 0 Å². The number of nitrogens with zero attached hydrogens (tertiary/aromatic N) is 1. The molecule has 0 fully saturated rings. The summed E-state index contributed by atoms with van der Waals surface area (Å²) in [6, 6.07) is 25.0. The minimum atomic E-state index is -2.93. The van der Waals surface area contributed by atoms with Crippen molar-refractivity contribution < 1.29 is 27.9 Å². The molecule has 1 amide bonds. The predicted octanol–water partition coefficient (Wildman–Crippen LogP) is 4.12. The van der Waals surface area contributed by atoms with Crippen LogP contribution in [0, 0.1) is 5.92 Å². The number of carbonyl (C=O) groups excluding carboxylic acids is 1. The molecule has 0 saturated heterocycles. The van der Waals surface area contributed by atoms with Gasteiger partial charge in [-0.3, -0.25) is 9.69 Å². The molecule has 0 aromatic heterocycles. The van der Waals surface area contributed by atoms with E-state index in [2.05, 4.69) is 17.4 Å². The molecule has 1 aliphatic rings. The van der Waals surface area contributed by atoms with E-state index in [0.717, 1.165) is 27.8 Å². The Balaban J connectivity index is 1.51. The van der Waals surface area contributed by atoms with Crippen molar-refractivity contribution in [1.82, 2.24) is 10.2 Å². The summed E-state index contributed by atoms with van der Waals surface area (Å²) >= 11 is 0. The lowest BCUT2D eigenvalue weighted by Gasteiger charge is -2.32. The quantitative estimate of drug-likeness (QED) is 0.291. The first kappa shape index (κ1) is 28.3. The molecule has 206 valence electrons. The highest BCUT2D eigenvalue weighted by Gasteiger charge is 2.31. The summed E-state index contributed by atoms with van der Waals surface area (Å²) in [4.78, 5) is 26.1. The highest BCUT2D eigenvalue weighted by atomic mass is 32.2. The van der Waals surface area contributed by atoms with Crippen LogP contribution < -0.4 is 5.32 Å². The Morgan fingerprint density at radius 1 is 0.923 bits per heavy atom. The van der Waals surface area contributed by atoms with E-state index in [1.165, 1.54) is 4.90 Å². The molecule has 0 radical (unpaired) electrons. The Kier molecular flexibility index (Phi) is 9.37. The van der Waals surface area contributed by atoms with Gasteiger partial charge in [-0.2, -0.15) is 0 Å². The normalized spacial score (nSPS) is 14.2. The van der Waals surface area contributed by atoms with E-state index < -0.39 is 40.7 Å². The van der Waals surface area contributed by atoms with Gasteiger partial charge < -0.3 is 15.2 Å². The van der Waals surface area contributed by atoms with E-state index in [1.807, 2.05) is 66.7 Å². The molecule has 8 nitrogen and oxygen atoms in total. The van der Waals surface area contributed by atoms with Crippen molar-refractivity contribution in [2.24, 2.45) is 5.92 Å². The van der Waals surface area contributed by atoms with Gasteiger partial charge in [0.1, 0.15) is 12.0 Å². The Bertz CT molecular complexity index is 1320. The van der Waals surface area contributed by atoms with Crippen LogP contribution in [0.2, 0.25) is 0 Å². The second-order valence-electron chi connectivity index (χ2n) is 10.1. The van der Waals surface area contributed by atoms with E-state index in [-0.39, 0.29) is 25.0 Å². The topological polar surface area (TPSA) is 113 Å². The van der Waals surface area contributed by atoms with Gasteiger partial charge in [-0.25, -0.2) is 13.2 Å². The van der Waals surface area contributed by atoms with Gasteiger partial charge in [-0.05, 0) is 40.2 Å². The van der Waals surface area contributed by atoms with E-state index in [9.17, 15) is 23.1 Å². The molecule has 0 saturated carbocycles. The summed E-state index contributed by atoms with van der Waals surface area (Å²) in [6.07, 6.45) is -0.262. The minimum absolute atomic E-state index is 0.0253. The zero-order valence-electron chi connectivity index (χ0n) is 22.0. The third-order valence-corrected chi connectivity index (χ3v) is 8.33. The molecular formula is C30H34N2O6S. The maximum atomic E-state index is 13.1. The highest BCUT2D eigenvalue weighted by Crippen LogP contribution is 2.44. The summed E-state index contributed by atoms with van der Waals surface area (Å²) in [5.74, 6) is -1.58. The lowest BCUT2D eigenvalue weighted by molar-refractivity contribution is -0.138. The standard InChI is InChI=1S/C30H34N2O6S/c1-20(2)29(39(36)37)32(18-28(33)34)17-22(16-21-10-4-3-5-11-21)31-30(35)38-19-27-25-14-8-6-12-23(25)24-13-7-9-15-26(24)27/h3-15,20,22,27,29,39H,16-19H2,1-2H3,(H,31,35)(H,33,34)/t22-,29-/m0/s1. The van der Waals surface area contributed by atoms with Crippen molar-refractivity contribution in [1.29, 1.82) is 0 Å². The van der Waals surface area contributed by atoms with Crippen LogP contribution in [0.3, 0.4) is 0 Å². The minimum Gasteiger partial charge on any atom is -0.480 e. The van der Waals surface area contributed by atoms with Gasteiger partial charge >= 0.3 is 12.1 Å². The third kappa shape index (κ3) is 7.04. The number of carboxylic acid groups (broad SMARTS) is 1. The highest BCUT2D eigenvalue weighted by molar-refractivity contribution is 7.73. The maximum absolute atomic E-state index is 13.1.